The Kier molecular flexibility index (Phi) is 4.39. The molecule has 2 aromatic carbocycles. The fraction of sp³-hybridized carbons (Fsp3) is 0.286. The molecule has 26 heavy (non-hydrogen) atoms. The van der Waals surface area contributed by atoms with Gasteiger partial charge in [-0.15, -0.1) is 0 Å². The molecule has 132 valence electrons. The van der Waals surface area contributed by atoms with Crippen molar-refractivity contribution in [1.29, 1.82) is 0 Å². The Labute approximate surface area is 153 Å². The molecule has 3 aromatic rings. The molecule has 1 aromatic heterocycles. The van der Waals surface area contributed by atoms with E-state index in [0.29, 0.717) is 6.54 Å². The van der Waals surface area contributed by atoms with Crippen LogP contribution in [0.4, 0.5) is 0 Å². The van der Waals surface area contributed by atoms with Gasteiger partial charge in [-0.3, -0.25) is 14.7 Å². The molecule has 0 N–H and O–H groups in total. The number of nitrogens with zero attached hydrogens (tertiary/aromatic N) is 4. The fourth-order valence-corrected chi connectivity index (χ4v) is 3.40. The first kappa shape index (κ1) is 16.7. The highest BCUT2D eigenvalue weighted by atomic mass is 16.2. The van der Waals surface area contributed by atoms with E-state index >= 15 is 0 Å². The Morgan fingerprint density at radius 3 is 2.69 bits per heavy atom. The summed E-state index contributed by atoms with van der Waals surface area (Å²) in [6.07, 6.45) is 1.83. The van der Waals surface area contributed by atoms with Gasteiger partial charge in [-0.2, -0.15) is 0 Å². The number of carbonyl (C=O) groups is 1. The van der Waals surface area contributed by atoms with Crippen LogP contribution in [0.25, 0.3) is 22.3 Å². The zero-order valence-corrected chi connectivity index (χ0v) is 15.1. The predicted molar refractivity (Wildman–Crippen MR) is 103 cm³/mol. The van der Waals surface area contributed by atoms with E-state index in [4.69, 9.17) is 4.98 Å². The van der Waals surface area contributed by atoms with Gasteiger partial charge in [0.25, 0.3) is 0 Å². The lowest BCUT2D eigenvalue weighted by molar-refractivity contribution is -0.134. The molecule has 1 saturated heterocycles. The minimum atomic E-state index is 0.185. The Bertz CT molecular complexity index is 969. The number of piperazine rings is 1. The number of carbonyl (C=O) groups excluding carboxylic acids is 1. The molecule has 0 aliphatic carbocycles. The Balaban J connectivity index is 1.62. The van der Waals surface area contributed by atoms with E-state index in [9.17, 15) is 4.79 Å². The van der Waals surface area contributed by atoms with Crippen LogP contribution in [0.15, 0.2) is 48.7 Å². The lowest BCUT2D eigenvalue weighted by atomic mass is 10.0. The number of para-hydroxylation sites is 2. The lowest BCUT2D eigenvalue weighted by Gasteiger charge is -2.32. The summed E-state index contributed by atoms with van der Waals surface area (Å²) in [7, 11) is 1.86. The molecule has 0 unspecified atom stereocenters. The van der Waals surface area contributed by atoms with Gasteiger partial charge in [0.1, 0.15) is 0 Å². The van der Waals surface area contributed by atoms with E-state index in [1.807, 2.05) is 37.5 Å². The summed E-state index contributed by atoms with van der Waals surface area (Å²) in [5.41, 5.74) is 6.14. The second-order valence-electron chi connectivity index (χ2n) is 6.98. The third kappa shape index (κ3) is 3.44. The molecule has 0 bridgehead atoms. The van der Waals surface area contributed by atoms with Gasteiger partial charge in [-0.05, 0) is 36.8 Å². The quantitative estimate of drug-likeness (QED) is 0.732. The van der Waals surface area contributed by atoms with E-state index < -0.39 is 0 Å². The van der Waals surface area contributed by atoms with E-state index in [1.54, 1.807) is 4.90 Å². The lowest BCUT2D eigenvalue weighted by Crippen LogP contribution is -2.47. The van der Waals surface area contributed by atoms with Crippen molar-refractivity contribution in [2.75, 3.05) is 26.7 Å². The smallest absolute Gasteiger partial charge is 0.236 e. The first-order valence-electron chi connectivity index (χ1n) is 8.87. The van der Waals surface area contributed by atoms with Gasteiger partial charge in [-0.1, -0.05) is 23.8 Å². The van der Waals surface area contributed by atoms with E-state index in [0.717, 1.165) is 41.9 Å². The molecular weight excluding hydrogens is 324 g/mol. The molecule has 0 saturated carbocycles. The van der Waals surface area contributed by atoms with Crippen LogP contribution in [-0.2, 0) is 11.3 Å². The second kappa shape index (κ2) is 6.84. The van der Waals surface area contributed by atoms with Gasteiger partial charge in [-0.25, -0.2) is 4.98 Å². The zero-order valence-electron chi connectivity index (χ0n) is 15.1. The zero-order chi connectivity index (χ0) is 18.1. The van der Waals surface area contributed by atoms with Crippen LogP contribution < -0.4 is 0 Å². The van der Waals surface area contributed by atoms with Gasteiger partial charge in [0.15, 0.2) is 0 Å². The van der Waals surface area contributed by atoms with Gasteiger partial charge in [0.05, 0.1) is 29.5 Å². The maximum absolute atomic E-state index is 11.9. The number of likely N-dealkylation sites (N-methyl/N-ethyl adjacent to an activating group) is 1. The van der Waals surface area contributed by atoms with Gasteiger partial charge >= 0.3 is 0 Å². The number of hydrogen-bond acceptors (Lipinski definition) is 4. The number of fused-ring (bicyclic) bond motifs is 1. The average Bonchev–Trinajstić information content (AvgIpc) is 2.64. The summed E-state index contributed by atoms with van der Waals surface area (Å²) in [5, 5.41) is 0. The van der Waals surface area contributed by atoms with Crippen molar-refractivity contribution in [3.63, 3.8) is 0 Å². The highest BCUT2D eigenvalue weighted by Gasteiger charge is 2.21. The number of amides is 1. The molecule has 0 atom stereocenters. The number of benzene rings is 2. The molecule has 1 fully saturated rings. The van der Waals surface area contributed by atoms with Crippen LogP contribution in [0, 0.1) is 6.92 Å². The van der Waals surface area contributed by atoms with Crippen LogP contribution in [-0.4, -0.2) is 52.4 Å². The summed E-state index contributed by atoms with van der Waals surface area (Å²) >= 11 is 0. The average molecular weight is 346 g/mol. The Morgan fingerprint density at radius 1 is 1.08 bits per heavy atom. The number of rotatable bonds is 3. The SMILES string of the molecule is Cc1cc(CN2CCN(C)C(=O)C2)cc(-c2cnc3ccccc3n2)c1. The van der Waals surface area contributed by atoms with Gasteiger partial charge < -0.3 is 4.90 Å². The van der Waals surface area contributed by atoms with Crippen molar-refractivity contribution < 1.29 is 4.79 Å². The number of aromatic nitrogens is 2. The van der Waals surface area contributed by atoms with Crippen LogP contribution in [0.5, 0.6) is 0 Å². The molecule has 1 amide bonds. The topological polar surface area (TPSA) is 49.3 Å². The molecule has 0 radical (unpaired) electrons. The molecule has 0 spiro atoms. The normalized spacial score (nSPS) is 15.6. The standard InChI is InChI=1S/C21H22N4O/c1-15-9-16(13-25-8-7-24(2)21(26)14-25)11-17(10-15)20-12-22-18-5-3-4-6-19(18)23-20/h3-6,9-12H,7-8,13-14H2,1-2H3. The van der Waals surface area contributed by atoms with Crippen LogP contribution in [0.3, 0.4) is 0 Å². The Hall–Kier alpha value is -2.79. The number of hydrogen-bond donors (Lipinski definition) is 0. The second-order valence-corrected chi connectivity index (χ2v) is 6.98. The third-order valence-electron chi connectivity index (χ3n) is 4.82. The van der Waals surface area contributed by atoms with Crippen LogP contribution in [0.1, 0.15) is 11.1 Å². The van der Waals surface area contributed by atoms with Crippen molar-refractivity contribution in [2.24, 2.45) is 0 Å². The minimum absolute atomic E-state index is 0.185. The largest absolute Gasteiger partial charge is 0.343 e. The predicted octanol–water partition coefficient (Wildman–Crippen LogP) is 2.88. The summed E-state index contributed by atoms with van der Waals surface area (Å²) in [6, 6.07) is 14.4. The van der Waals surface area contributed by atoms with Gasteiger partial charge in [0.2, 0.25) is 5.91 Å². The molecule has 1 aliphatic rings. The highest BCUT2D eigenvalue weighted by Crippen LogP contribution is 2.23. The van der Waals surface area contributed by atoms with E-state index in [1.165, 1.54) is 11.1 Å². The molecule has 2 heterocycles. The van der Waals surface area contributed by atoms with Crippen molar-refractivity contribution in [1.82, 2.24) is 19.8 Å². The number of aryl methyl sites for hydroxylation is 1. The third-order valence-corrected chi connectivity index (χ3v) is 4.82. The summed E-state index contributed by atoms with van der Waals surface area (Å²) in [5.74, 6) is 0.185. The first-order chi connectivity index (χ1) is 12.6. The molecular formula is C21H22N4O. The van der Waals surface area contributed by atoms with Crippen molar-refractivity contribution in [3.05, 3.63) is 59.8 Å². The maximum Gasteiger partial charge on any atom is 0.236 e. The summed E-state index contributed by atoms with van der Waals surface area (Å²) in [4.78, 5) is 25.2. The fourth-order valence-electron chi connectivity index (χ4n) is 3.40. The van der Waals surface area contributed by atoms with Crippen molar-refractivity contribution in [2.45, 2.75) is 13.5 Å². The Morgan fingerprint density at radius 2 is 1.88 bits per heavy atom. The molecule has 5 heteroatoms. The van der Waals surface area contributed by atoms with E-state index in [-0.39, 0.29) is 5.91 Å². The van der Waals surface area contributed by atoms with Gasteiger partial charge in [0, 0.05) is 32.2 Å². The summed E-state index contributed by atoms with van der Waals surface area (Å²) in [6.45, 7) is 5.04. The molecule has 4 rings (SSSR count). The van der Waals surface area contributed by atoms with Crippen LogP contribution in [0.2, 0.25) is 0 Å². The van der Waals surface area contributed by atoms with Crippen LogP contribution >= 0.6 is 0 Å². The molecule has 5 nitrogen and oxygen atoms in total. The monoisotopic (exact) mass is 346 g/mol. The summed E-state index contributed by atoms with van der Waals surface area (Å²) < 4.78 is 0. The van der Waals surface area contributed by atoms with Crippen molar-refractivity contribution in [3.8, 4) is 11.3 Å². The molecule has 1 aliphatic heterocycles. The minimum Gasteiger partial charge on any atom is -0.343 e. The van der Waals surface area contributed by atoms with Crippen molar-refractivity contribution >= 4 is 16.9 Å². The first-order valence-corrected chi connectivity index (χ1v) is 8.87. The highest BCUT2D eigenvalue weighted by molar-refractivity contribution is 5.79. The maximum atomic E-state index is 11.9. The van der Waals surface area contributed by atoms with E-state index in [2.05, 4.69) is 35.0 Å².